The molecule has 1 unspecified atom stereocenters. The van der Waals surface area contributed by atoms with Crippen molar-refractivity contribution in [2.75, 3.05) is 6.54 Å². The van der Waals surface area contributed by atoms with E-state index in [1.54, 1.807) is 12.3 Å². The number of aryl methyl sites for hydroxylation is 1. The van der Waals surface area contributed by atoms with E-state index >= 15 is 0 Å². The molecule has 96 valence electrons. The number of nitrogens with zero attached hydrogens (tertiary/aromatic N) is 2. The van der Waals surface area contributed by atoms with Crippen LogP contribution in [0.5, 0.6) is 0 Å². The molecule has 2 rings (SSSR count). The van der Waals surface area contributed by atoms with E-state index in [1.807, 2.05) is 6.92 Å². The minimum absolute atomic E-state index is 0.00421. The van der Waals surface area contributed by atoms with Crippen LogP contribution in [0.4, 0.5) is 8.78 Å². The summed E-state index contributed by atoms with van der Waals surface area (Å²) in [7, 11) is 0. The smallest absolute Gasteiger partial charge is 0.134 e. The molecule has 6 heteroatoms. The second kappa shape index (κ2) is 5.49. The van der Waals surface area contributed by atoms with Crippen LogP contribution in [0.15, 0.2) is 17.5 Å². The lowest BCUT2D eigenvalue weighted by Gasteiger charge is -2.18. The largest absolute Gasteiger partial charge is 0.305 e. The summed E-state index contributed by atoms with van der Waals surface area (Å²) in [5.74, 6) is -1.11. The molecule has 0 amide bonds. The summed E-state index contributed by atoms with van der Waals surface area (Å²) in [5.41, 5.74) is 0.951. The quantitative estimate of drug-likeness (QED) is 0.927. The fraction of sp³-hybridized carbons (Fsp3) is 0.333. The maximum Gasteiger partial charge on any atom is 0.134 e. The summed E-state index contributed by atoms with van der Waals surface area (Å²) in [5, 5.41) is 8.62. The van der Waals surface area contributed by atoms with Gasteiger partial charge < -0.3 is 5.32 Å². The van der Waals surface area contributed by atoms with Crippen LogP contribution in [0.1, 0.15) is 29.8 Å². The molecule has 1 aromatic carbocycles. The first-order valence-corrected chi connectivity index (χ1v) is 6.43. The molecule has 1 atom stereocenters. The van der Waals surface area contributed by atoms with Gasteiger partial charge in [0.1, 0.15) is 11.6 Å². The number of nitrogens with one attached hydrogen (secondary N) is 1. The van der Waals surface area contributed by atoms with Gasteiger partial charge in [0.25, 0.3) is 0 Å². The molecule has 0 fully saturated rings. The first kappa shape index (κ1) is 13.0. The van der Waals surface area contributed by atoms with Crippen molar-refractivity contribution in [3.63, 3.8) is 0 Å². The molecule has 0 saturated carbocycles. The highest BCUT2D eigenvalue weighted by Gasteiger charge is 2.24. The standard InChI is InChI=1S/C12H13F2N3S/c1-3-15-12(9-6-18-17-16-9)10-8(13)5-4-7(2)11(10)14/h4-6,12,15H,3H2,1-2H3. The molecule has 0 radical (unpaired) electrons. The number of hydrogen-bond acceptors (Lipinski definition) is 4. The number of rotatable bonds is 4. The summed E-state index contributed by atoms with van der Waals surface area (Å²) in [6.45, 7) is 4.06. The molecule has 2 aromatic rings. The average molecular weight is 269 g/mol. The van der Waals surface area contributed by atoms with Crippen molar-refractivity contribution < 1.29 is 8.78 Å². The lowest BCUT2D eigenvalue weighted by Crippen LogP contribution is -2.24. The van der Waals surface area contributed by atoms with Gasteiger partial charge in [-0.15, -0.1) is 5.10 Å². The Bertz CT molecular complexity index is 528. The van der Waals surface area contributed by atoms with Crippen LogP contribution in [0.3, 0.4) is 0 Å². The molecule has 0 aliphatic carbocycles. The van der Waals surface area contributed by atoms with E-state index in [0.29, 0.717) is 17.8 Å². The fourth-order valence-corrected chi connectivity index (χ4v) is 2.28. The molecule has 1 N–H and O–H groups in total. The molecule has 18 heavy (non-hydrogen) atoms. The Morgan fingerprint density at radius 3 is 2.78 bits per heavy atom. The fourth-order valence-electron chi connectivity index (χ4n) is 1.80. The summed E-state index contributed by atoms with van der Waals surface area (Å²) in [6.07, 6.45) is 0. The monoisotopic (exact) mass is 269 g/mol. The van der Waals surface area contributed by atoms with Crippen LogP contribution in [-0.2, 0) is 0 Å². The molecule has 1 aromatic heterocycles. The van der Waals surface area contributed by atoms with E-state index in [0.717, 1.165) is 11.5 Å². The highest BCUT2D eigenvalue weighted by molar-refractivity contribution is 7.03. The van der Waals surface area contributed by atoms with E-state index in [4.69, 9.17) is 0 Å². The van der Waals surface area contributed by atoms with Gasteiger partial charge in [-0.3, -0.25) is 0 Å². The normalized spacial score (nSPS) is 12.7. The first-order chi connectivity index (χ1) is 8.65. The predicted molar refractivity (Wildman–Crippen MR) is 66.5 cm³/mol. The van der Waals surface area contributed by atoms with Gasteiger partial charge in [0, 0.05) is 10.9 Å². The van der Waals surface area contributed by atoms with E-state index in [2.05, 4.69) is 14.9 Å². The highest BCUT2D eigenvalue weighted by Crippen LogP contribution is 2.27. The summed E-state index contributed by atoms with van der Waals surface area (Å²) >= 11 is 1.16. The minimum atomic E-state index is -0.603. The molecule has 0 aliphatic heterocycles. The zero-order valence-electron chi connectivity index (χ0n) is 10.1. The Morgan fingerprint density at radius 2 is 2.17 bits per heavy atom. The molecule has 0 bridgehead atoms. The Labute approximate surface area is 108 Å². The van der Waals surface area contributed by atoms with E-state index in [-0.39, 0.29) is 5.56 Å². The number of halogens is 2. The van der Waals surface area contributed by atoms with Gasteiger partial charge in [-0.25, -0.2) is 8.78 Å². The maximum absolute atomic E-state index is 14.1. The summed E-state index contributed by atoms with van der Waals surface area (Å²) in [6, 6.07) is 2.10. The van der Waals surface area contributed by atoms with E-state index < -0.39 is 17.7 Å². The molecule has 0 saturated heterocycles. The third-order valence-corrected chi connectivity index (χ3v) is 3.21. The van der Waals surface area contributed by atoms with Gasteiger partial charge in [0.05, 0.1) is 11.7 Å². The zero-order valence-corrected chi connectivity index (χ0v) is 10.9. The van der Waals surface area contributed by atoms with Gasteiger partial charge in [-0.2, -0.15) is 0 Å². The highest BCUT2D eigenvalue weighted by atomic mass is 32.1. The van der Waals surface area contributed by atoms with Crippen LogP contribution < -0.4 is 5.32 Å². The van der Waals surface area contributed by atoms with Gasteiger partial charge in [-0.05, 0) is 36.6 Å². The second-order valence-electron chi connectivity index (χ2n) is 3.91. The van der Waals surface area contributed by atoms with Crippen molar-refractivity contribution in [1.29, 1.82) is 0 Å². The number of aromatic nitrogens is 2. The summed E-state index contributed by atoms with van der Waals surface area (Å²) in [4.78, 5) is 0. The number of hydrogen-bond donors (Lipinski definition) is 1. The van der Waals surface area contributed by atoms with Crippen LogP contribution in [-0.4, -0.2) is 16.1 Å². The first-order valence-electron chi connectivity index (χ1n) is 5.60. The van der Waals surface area contributed by atoms with Gasteiger partial charge in [0.15, 0.2) is 0 Å². The van der Waals surface area contributed by atoms with Crippen LogP contribution in [0.25, 0.3) is 0 Å². The van der Waals surface area contributed by atoms with Crippen molar-refractivity contribution >= 4 is 11.5 Å². The van der Waals surface area contributed by atoms with Crippen molar-refractivity contribution in [2.24, 2.45) is 0 Å². The lowest BCUT2D eigenvalue weighted by molar-refractivity contribution is 0.501. The third kappa shape index (κ3) is 2.39. The molecule has 0 spiro atoms. The van der Waals surface area contributed by atoms with Crippen molar-refractivity contribution in [3.8, 4) is 0 Å². The van der Waals surface area contributed by atoms with Gasteiger partial charge >= 0.3 is 0 Å². The molecule has 3 nitrogen and oxygen atoms in total. The third-order valence-electron chi connectivity index (χ3n) is 2.69. The van der Waals surface area contributed by atoms with Gasteiger partial charge in [-0.1, -0.05) is 17.5 Å². The van der Waals surface area contributed by atoms with Gasteiger partial charge in [0.2, 0.25) is 0 Å². The van der Waals surface area contributed by atoms with Crippen LogP contribution >= 0.6 is 11.5 Å². The SMILES string of the molecule is CCNC(c1csnn1)c1c(F)ccc(C)c1F. The van der Waals surface area contributed by atoms with E-state index in [1.165, 1.54) is 12.1 Å². The Morgan fingerprint density at radius 1 is 1.39 bits per heavy atom. The molecular weight excluding hydrogens is 256 g/mol. The van der Waals surface area contributed by atoms with E-state index in [9.17, 15) is 8.78 Å². The topological polar surface area (TPSA) is 37.8 Å². The van der Waals surface area contributed by atoms with Crippen LogP contribution in [0, 0.1) is 18.6 Å². The Kier molecular flexibility index (Phi) is 3.98. The molecular formula is C12H13F2N3S. The van der Waals surface area contributed by atoms with Crippen molar-refractivity contribution in [2.45, 2.75) is 19.9 Å². The van der Waals surface area contributed by atoms with Crippen molar-refractivity contribution in [3.05, 3.63) is 46.0 Å². The molecule has 0 aliphatic rings. The number of benzene rings is 1. The average Bonchev–Trinajstić information content (AvgIpc) is 2.87. The predicted octanol–water partition coefficient (Wildman–Crippen LogP) is 2.82. The van der Waals surface area contributed by atoms with Crippen LogP contribution in [0.2, 0.25) is 0 Å². The lowest BCUT2D eigenvalue weighted by atomic mass is 10.0. The molecule has 1 heterocycles. The summed E-state index contributed by atoms with van der Waals surface area (Å²) < 4.78 is 31.7. The zero-order chi connectivity index (χ0) is 13.1. The minimum Gasteiger partial charge on any atom is -0.305 e. The van der Waals surface area contributed by atoms with Crippen molar-refractivity contribution in [1.82, 2.24) is 14.9 Å². The Hall–Kier alpha value is -1.40. The Balaban J connectivity index is 2.52. The second-order valence-corrected chi connectivity index (χ2v) is 4.52. The maximum atomic E-state index is 14.1.